The van der Waals surface area contributed by atoms with Gasteiger partial charge in [0.2, 0.25) is 5.91 Å². The van der Waals surface area contributed by atoms with Gasteiger partial charge in [0.15, 0.2) is 0 Å². The van der Waals surface area contributed by atoms with Gasteiger partial charge in [0.05, 0.1) is 6.07 Å². The second-order valence-corrected chi connectivity index (χ2v) is 3.51. The summed E-state index contributed by atoms with van der Waals surface area (Å²) in [4.78, 5) is 10.7. The van der Waals surface area contributed by atoms with E-state index in [-0.39, 0.29) is 17.7 Å². The van der Waals surface area contributed by atoms with Gasteiger partial charge < -0.3 is 5.32 Å². The van der Waals surface area contributed by atoms with E-state index in [2.05, 4.69) is 11.4 Å². The summed E-state index contributed by atoms with van der Waals surface area (Å²) in [7, 11) is 0. The van der Waals surface area contributed by atoms with Crippen LogP contribution < -0.4 is 5.32 Å². The fourth-order valence-electron chi connectivity index (χ4n) is 1.50. The molecule has 0 bridgehead atoms. The minimum atomic E-state index is -0.0290. The topological polar surface area (TPSA) is 52.9 Å². The number of nitriles is 1. The van der Waals surface area contributed by atoms with Gasteiger partial charge in [-0.3, -0.25) is 4.79 Å². The SMILES string of the molecule is CC(=O)NCC1C=CC=C(C#N)C1C. The molecule has 1 amide bonds. The van der Waals surface area contributed by atoms with E-state index < -0.39 is 0 Å². The molecule has 2 atom stereocenters. The van der Waals surface area contributed by atoms with Crippen LogP contribution in [0.5, 0.6) is 0 Å². The highest BCUT2D eigenvalue weighted by Crippen LogP contribution is 2.24. The summed E-state index contributed by atoms with van der Waals surface area (Å²) in [6.45, 7) is 4.11. The second-order valence-electron chi connectivity index (χ2n) is 3.51. The molecule has 74 valence electrons. The molecule has 3 heteroatoms. The van der Waals surface area contributed by atoms with Gasteiger partial charge >= 0.3 is 0 Å². The summed E-state index contributed by atoms with van der Waals surface area (Å²) in [5, 5.41) is 11.6. The van der Waals surface area contributed by atoms with Gasteiger partial charge in [-0.1, -0.05) is 19.1 Å². The quantitative estimate of drug-likeness (QED) is 0.715. The average Bonchev–Trinajstić information content (AvgIpc) is 2.16. The van der Waals surface area contributed by atoms with Crippen LogP contribution in [0.2, 0.25) is 0 Å². The van der Waals surface area contributed by atoms with E-state index in [1.54, 1.807) is 0 Å². The van der Waals surface area contributed by atoms with E-state index in [0.29, 0.717) is 6.54 Å². The normalized spacial score (nSPS) is 25.1. The molecular formula is C11H14N2O. The number of amides is 1. The van der Waals surface area contributed by atoms with Crippen molar-refractivity contribution < 1.29 is 4.79 Å². The predicted molar refractivity (Wildman–Crippen MR) is 54.2 cm³/mol. The first-order valence-corrected chi connectivity index (χ1v) is 4.68. The third-order valence-corrected chi connectivity index (χ3v) is 2.48. The van der Waals surface area contributed by atoms with Gasteiger partial charge in [-0.15, -0.1) is 0 Å². The lowest BCUT2D eigenvalue weighted by molar-refractivity contribution is -0.119. The number of carbonyl (C=O) groups is 1. The molecule has 1 aliphatic carbocycles. The molecule has 3 nitrogen and oxygen atoms in total. The molecule has 0 heterocycles. The molecule has 1 N–H and O–H groups in total. The van der Waals surface area contributed by atoms with Gasteiger partial charge in [-0.2, -0.15) is 5.26 Å². The van der Waals surface area contributed by atoms with Crippen molar-refractivity contribution in [2.24, 2.45) is 11.8 Å². The first-order chi connectivity index (χ1) is 6.65. The third-order valence-electron chi connectivity index (χ3n) is 2.48. The summed E-state index contributed by atoms with van der Waals surface area (Å²) in [6, 6.07) is 2.17. The van der Waals surface area contributed by atoms with Crippen molar-refractivity contribution in [1.82, 2.24) is 5.32 Å². The van der Waals surface area contributed by atoms with Gasteiger partial charge in [-0.25, -0.2) is 0 Å². The van der Waals surface area contributed by atoms with Crippen LogP contribution in [0.15, 0.2) is 23.8 Å². The number of hydrogen-bond donors (Lipinski definition) is 1. The summed E-state index contributed by atoms with van der Waals surface area (Å²) in [5.74, 6) is 0.397. The van der Waals surface area contributed by atoms with Gasteiger partial charge in [0.1, 0.15) is 0 Å². The average molecular weight is 190 g/mol. The maximum Gasteiger partial charge on any atom is 0.216 e. The Morgan fingerprint density at radius 2 is 2.43 bits per heavy atom. The second kappa shape index (κ2) is 4.61. The molecule has 0 saturated heterocycles. The predicted octanol–water partition coefficient (Wildman–Crippen LogP) is 1.39. The highest BCUT2D eigenvalue weighted by atomic mass is 16.1. The maximum atomic E-state index is 10.7. The molecule has 0 aromatic carbocycles. The Morgan fingerprint density at radius 1 is 1.71 bits per heavy atom. The van der Waals surface area contributed by atoms with Crippen molar-refractivity contribution in [2.75, 3.05) is 6.54 Å². The lowest BCUT2D eigenvalue weighted by Gasteiger charge is -2.22. The van der Waals surface area contributed by atoms with E-state index in [0.717, 1.165) is 5.57 Å². The lowest BCUT2D eigenvalue weighted by atomic mass is 9.84. The number of hydrogen-bond acceptors (Lipinski definition) is 2. The zero-order valence-corrected chi connectivity index (χ0v) is 8.45. The van der Waals surface area contributed by atoms with Gasteiger partial charge in [0.25, 0.3) is 0 Å². The van der Waals surface area contributed by atoms with Crippen LogP contribution in [-0.4, -0.2) is 12.5 Å². The Bertz CT molecular complexity index is 323. The summed E-state index contributed by atoms with van der Waals surface area (Å²) in [5.41, 5.74) is 0.780. The summed E-state index contributed by atoms with van der Waals surface area (Å²) >= 11 is 0. The van der Waals surface area contributed by atoms with E-state index in [9.17, 15) is 4.79 Å². The molecule has 0 saturated carbocycles. The zero-order chi connectivity index (χ0) is 10.6. The molecule has 14 heavy (non-hydrogen) atoms. The highest BCUT2D eigenvalue weighted by molar-refractivity contribution is 5.72. The zero-order valence-electron chi connectivity index (χ0n) is 8.45. The Morgan fingerprint density at radius 3 is 3.00 bits per heavy atom. The number of allylic oxidation sites excluding steroid dienone is 3. The van der Waals surface area contributed by atoms with Crippen LogP contribution in [-0.2, 0) is 4.79 Å². The van der Waals surface area contributed by atoms with E-state index in [1.807, 2.05) is 25.2 Å². The van der Waals surface area contributed by atoms with Crippen molar-refractivity contribution in [1.29, 1.82) is 5.26 Å². The monoisotopic (exact) mass is 190 g/mol. The van der Waals surface area contributed by atoms with Crippen LogP contribution in [0.1, 0.15) is 13.8 Å². The van der Waals surface area contributed by atoms with Crippen LogP contribution in [0.4, 0.5) is 0 Å². The highest BCUT2D eigenvalue weighted by Gasteiger charge is 2.20. The fraction of sp³-hybridized carbons (Fsp3) is 0.455. The molecule has 0 aromatic heterocycles. The fourth-order valence-corrected chi connectivity index (χ4v) is 1.50. The summed E-state index contributed by atoms with van der Waals surface area (Å²) < 4.78 is 0. The van der Waals surface area contributed by atoms with Crippen molar-refractivity contribution in [3.63, 3.8) is 0 Å². The number of rotatable bonds is 2. The number of nitrogens with zero attached hydrogens (tertiary/aromatic N) is 1. The number of carbonyl (C=O) groups excluding carboxylic acids is 1. The Kier molecular flexibility index (Phi) is 3.47. The Balaban J connectivity index is 2.58. The van der Waals surface area contributed by atoms with E-state index in [4.69, 9.17) is 5.26 Å². The van der Waals surface area contributed by atoms with E-state index in [1.165, 1.54) is 6.92 Å². The molecule has 0 aliphatic heterocycles. The van der Waals surface area contributed by atoms with Gasteiger partial charge in [-0.05, 0) is 12.0 Å². The molecule has 2 unspecified atom stereocenters. The van der Waals surface area contributed by atoms with E-state index >= 15 is 0 Å². The minimum Gasteiger partial charge on any atom is -0.356 e. The first-order valence-electron chi connectivity index (χ1n) is 4.68. The molecule has 1 rings (SSSR count). The lowest BCUT2D eigenvalue weighted by Crippen LogP contribution is -2.30. The van der Waals surface area contributed by atoms with Crippen LogP contribution in [0, 0.1) is 23.2 Å². The minimum absolute atomic E-state index is 0.0290. The summed E-state index contributed by atoms with van der Waals surface area (Å²) in [6.07, 6.45) is 5.74. The number of nitrogens with one attached hydrogen (secondary N) is 1. The first kappa shape index (κ1) is 10.5. The molecule has 1 aliphatic rings. The third kappa shape index (κ3) is 2.46. The van der Waals surface area contributed by atoms with Crippen LogP contribution >= 0.6 is 0 Å². The maximum absolute atomic E-state index is 10.7. The molecule has 0 radical (unpaired) electrons. The van der Waals surface area contributed by atoms with Crippen molar-refractivity contribution in [3.05, 3.63) is 23.8 Å². The molecule has 0 spiro atoms. The van der Waals surface area contributed by atoms with Crippen molar-refractivity contribution in [2.45, 2.75) is 13.8 Å². The Labute approximate surface area is 84.1 Å². The molecular weight excluding hydrogens is 176 g/mol. The molecule has 0 fully saturated rings. The largest absolute Gasteiger partial charge is 0.356 e. The van der Waals surface area contributed by atoms with Crippen LogP contribution in [0.3, 0.4) is 0 Å². The van der Waals surface area contributed by atoms with Crippen LogP contribution in [0.25, 0.3) is 0 Å². The smallest absolute Gasteiger partial charge is 0.216 e. The van der Waals surface area contributed by atoms with Gasteiger partial charge in [0, 0.05) is 25.0 Å². The van der Waals surface area contributed by atoms with Crippen molar-refractivity contribution in [3.8, 4) is 6.07 Å². The Hall–Kier alpha value is -1.56. The molecule has 0 aromatic rings. The van der Waals surface area contributed by atoms with Crippen molar-refractivity contribution >= 4 is 5.91 Å². The standard InChI is InChI=1S/C11H14N2O/c1-8-10(6-12)4-3-5-11(8)7-13-9(2)14/h3-5,8,11H,7H2,1-2H3,(H,13,14).